The molecular weight excluding hydrogens is 438 g/mol. The van der Waals surface area contributed by atoms with Crippen LogP contribution in [0.25, 0.3) is 11.1 Å². The van der Waals surface area contributed by atoms with E-state index in [1.54, 1.807) is 6.92 Å². The zero-order valence-electron chi connectivity index (χ0n) is 19.0. The molecule has 9 heteroatoms. The molecule has 3 N–H and O–H groups in total. The standard InChI is InChI=1S/C25H27N3O6/c1-3-14(2)22(23(30)28-20(24(31)32)12-21(29)27-28)26-25(33)34-13-19-17-10-6-4-8-15(17)16-9-5-7-11-18(16)19/h4-11,14,19-20,22H,3,12-13H2,1-2H3,(H,26,33)(H,27,29)(H,31,32)/t14?,20?,22-/m0/s1. The number of carboxylic acid groups (broad SMARTS) is 1. The highest BCUT2D eigenvalue weighted by atomic mass is 16.5. The Hall–Kier alpha value is -3.88. The molecule has 0 bridgehead atoms. The largest absolute Gasteiger partial charge is 0.480 e. The topological polar surface area (TPSA) is 125 Å². The third-order valence-corrected chi connectivity index (χ3v) is 6.55. The van der Waals surface area contributed by atoms with Crippen LogP contribution in [0.1, 0.15) is 43.7 Å². The molecule has 0 aromatic heterocycles. The predicted molar refractivity (Wildman–Crippen MR) is 122 cm³/mol. The predicted octanol–water partition coefficient (Wildman–Crippen LogP) is 2.66. The van der Waals surface area contributed by atoms with Crippen LogP contribution in [0.5, 0.6) is 0 Å². The second-order valence-electron chi connectivity index (χ2n) is 8.63. The van der Waals surface area contributed by atoms with Crippen molar-refractivity contribution in [1.82, 2.24) is 15.8 Å². The maximum Gasteiger partial charge on any atom is 0.407 e. The van der Waals surface area contributed by atoms with Crippen LogP contribution >= 0.6 is 0 Å². The third kappa shape index (κ3) is 4.33. The van der Waals surface area contributed by atoms with Crippen LogP contribution in [-0.2, 0) is 19.1 Å². The van der Waals surface area contributed by atoms with Crippen LogP contribution in [0.4, 0.5) is 4.79 Å². The van der Waals surface area contributed by atoms with Gasteiger partial charge in [-0.1, -0.05) is 68.8 Å². The minimum atomic E-state index is -1.32. The van der Waals surface area contributed by atoms with Gasteiger partial charge in [0.15, 0.2) is 6.04 Å². The molecule has 0 saturated carbocycles. The van der Waals surface area contributed by atoms with Crippen LogP contribution < -0.4 is 10.7 Å². The van der Waals surface area contributed by atoms with Crippen molar-refractivity contribution in [3.8, 4) is 11.1 Å². The zero-order valence-corrected chi connectivity index (χ0v) is 19.0. The molecule has 2 aliphatic rings. The van der Waals surface area contributed by atoms with Gasteiger partial charge in [-0.2, -0.15) is 0 Å². The van der Waals surface area contributed by atoms with Gasteiger partial charge < -0.3 is 15.2 Å². The van der Waals surface area contributed by atoms with Gasteiger partial charge in [-0.15, -0.1) is 0 Å². The van der Waals surface area contributed by atoms with Crippen LogP contribution in [0.2, 0.25) is 0 Å². The fraction of sp³-hybridized carbons (Fsp3) is 0.360. The van der Waals surface area contributed by atoms with Gasteiger partial charge in [0.1, 0.15) is 12.6 Å². The summed E-state index contributed by atoms with van der Waals surface area (Å²) in [7, 11) is 0. The third-order valence-electron chi connectivity index (χ3n) is 6.55. The maximum atomic E-state index is 13.1. The second kappa shape index (κ2) is 9.54. The van der Waals surface area contributed by atoms with E-state index in [0.717, 1.165) is 27.3 Å². The summed E-state index contributed by atoms with van der Waals surface area (Å²) in [4.78, 5) is 49.1. The lowest BCUT2D eigenvalue weighted by atomic mass is 9.97. The molecule has 2 aromatic carbocycles. The van der Waals surface area contributed by atoms with Crippen molar-refractivity contribution in [2.24, 2.45) is 5.92 Å². The number of fused-ring (bicyclic) bond motifs is 3. The Balaban J connectivity index is 1.47. The van der Waals surface area contributed by atoms with Crippen molar-refractivity contribution in [2.75, 3.05) is 6.61 Å². The van der Waals surface area contributed by atoms with E-state index in [1.807, 2.05) is 55.5 Å². The number of nitrogens with zero attached hydrogens (tertiary/aromatic N) is 1. The van der Waals surface area contributed by atoms with Crippen LogP contribution in [0, 0.1) is 5.92 Å². The Morgan fingerprint density at radius 2 is 1.71 bits per heavy atom. The number of hydrogen-bond acceptors (Lipinski definition) is 5. The van der Waals surface area contributed by atoms with Crippen molar-refractivity contribution in [3.05, 3.63) is 59.7 Å². The number of benzene rings is 2. The highest BCUT2D eigenvalue weighted by Crippen LogP contribution is 2.44. The fourth-order valence-electron chi connectivity index (χ4n) is 4.53. The summed E-state index contributed by atoms with van der Waals surface area (Å²) in [5, 5.41) is 12.8. The molecule has 1 aliphatic heterocycles. The van der Waals surface area contributed by atoms with E-state index in [2.05, 4.69) is 10.7 Å². The number of amides is 3. The second-order valence-corrected chi connectivity index (χ2v) is 8.63. The number of ether oxygens (including phenoxy) is 1. The minimum absolute atomic E-state index is 0.0828. The lowest BCUT2D eigenvalue weighted by Gasteiger charge is -2.29. The van der Waals surface area contributed by atoms with Gasteiger partial charge in [0.2, 0.25) is 5.91 Å². The van der Waals surface area contributed by atoms with Crippen molar-refractivity contribution >= 4 is 23.9 Å². The summed E-state index contributed by atoms with van der Waals surface area (Å²) >= 11 is 0. The summed E-state index contributed by atoms with van der Waals surface area (Å²) in [6, 6.07) is 13.5. The van der Waals surface area contributed by atoms with Gasteiger partial charge >= 0.3 is 12.1 Å². The molecule has 0 radical (unpaired) electrons. The van der Waals surface area contributed by atoms with Crippen LogP contribution in [0.15, 0.2) is 48.5 Å². The Labute approximate surface area is 197 Å². The number of carboxylic acids is 1. The van der Waals surface area contributed by atoms with Gasteiger partial charge in [0.25, 0.3) is 5.91 Å². The normalized spacial score (nSPS) is 18.5. The van der Waals surface area contributed by atoms with E-state index in [9.17, 15) is 24.3 Å². The summed E-state index contributed by atoms with van der Waals surface area (Å²) in [6.45, 7) is 3.70. The smallest absolute Gasteiger partial charge is 0.407 e. The molecular formula is C25H27N3O6. The van der Waals surface area contributed by atoms with Gasteiger partial charge in [-0.25, -0.2) is 14.6 Å². The van der Waals surface area contributed by atoms with Crippen molar-refractivity contribution in [3.63, 3.8) is 0 Å². The number of carbonyl (C=O) groups excluding carboxylic acids is 3. The molecule has 9 nitrogen and oxygen atoms in total. The monoisotopic (exact) mass is 465 g/mol. The first-order valence-electron chi connectivity index (χ1n) is 11.3. The van der Waals surface area contributed by atoms with E-state index < -0.39 is 36.0 Å². The van der Waals surface area contributed by atoms with Gasteiger partial charge in [-0.3, -0.25) is 15.0 Å². The zero-order chi connectivity index (χ0) is 24.4. The Morgan fingerprint density at radius 3 is 2.26 bits per heavy atom. The number of alkyl carbamates (subject to hydrolysis) is 1. The van der Waals surface area contributed by atoms with Gasteiger partial charge in [-0.05, 0) is 28.2 Å². The Kier molecular flexibility index (Phi) is 6.54. The summed E-state index contributed by atoms with van der Waals surface area (Å²) in [6.07, 6.45) is -0.573. The molecule has 34 heavy (non-hydrogen) atoms. The molecule has 3 atom stereocenters. The number of carbonyl (C=O) groups is 4. The van der Waals surface area contributed by atoms with Crippen LogP contribution in [0.3, 0.4) is 0 Å². The number of aliphatic carboxylic acids is 1. The molecule has 1 heterocycles. The average Bonchev–Trinajstić information content (AvgIpc) is 3.38. The molecule has 178 valence electrons. The van der Waals surface area contributed by atoms with Crippen molar-refractivity contribution in [1.29, 1.82) is 0 Å². The van der Waals surface area contributed by atoms with Gasteiger partial charge in [0, 0.05) is 5.92 Å². The van der Waals surface area contributed by atoms with Crippen molar-refractivity contribution < 1.29 is 29.0 Å². The van der Waals surface area contributed by atoms with E-state index >= 15 is 0 Å². The van der Waals surface area contributed by atoms with E-state index in [1.165, 1.54) is 0 Å². The molecule has 0 spiro atoms. The first-order chi connectivity index (χ1) is 16.3. The maximum absolute atomic E-state index is 13.1. The molecule has 1 fully saturated rings. The Bertz CT molecular complexity index is 1090. The van der Waals surface area contributed by atoms with Gasteiger partial charge in [0.05, 0.1) is 6.42 Å². The number of hydrogen-bond donors (Lipinski definition) is 3. The highest BCUT2D eigenvalue weighted by molar-refractivity contribution is 5.96. The number of hydrazine groups is 1. The average molecular weight is 466 g/mol. The SMILES string of the molecule is CCC(C)[C@H](NC(=O)OCC1c2ccccc2-c2ccccc21)C(=O)N1NC(=O)CC1C(=O)O. The van der Waals surface area contributed by atoms with E-state index in [-0.39, 0.29) is 24.9 Å². The minimum Gasteiger partial charge on any atom is -0.480 e. The van der Waals surface area contributed by atoms with E-state index in [0.29, 0.717) is 6.42 Å². The highest BCUT2D eigenvalue weighted by Gasteiger charge is 2.43. The summed E-state index contributed by atoms with van der Waals surface area (Å²) in [5.74, 6) is -3.01. The fourth-order valence-corrected chi connectivity index (χ4v) is 4.53. The summed E-state index contributed by atoms with van der Waals surface area (Å²) in [5.41, 5.74) is 6.62. The lowest BCUT2D eigenvalue weighted by Crippen LogP contribution is -2.57. The molecule has 2 aromatic rings. The van der Waals surface area contributed by atoms with Crippen LogP contribution in [-0.4, -0.2) is 52.7 Å². The lowest BCUT2D eigenvalue weighted by molar-refractivity contribution is -0.152. The number of rotatable bonds is 7. The quantitative estimate of drug-likeness (QED) is 0.577. The van der Waals surface area contributed by atoms with Crippen molar-refractivity contribution in [2.45, 2.75) is 44.7 Å². The van der Waals surface area contributed by atoms with E-state index in [4.69, 9.17) is 4.74 Å². The summed E-state index contributed by atoms with van der Waals surface area (Å²) < 4.78 is 5.55. The first-order valence-corrected chi connectivity index (χ1v) is 11.3. The molecule has 4 rings (SSSR count). The molecule has 1 aliphatic carbocycles. The number of nitrogens with one attached hydrogen (secondary N) is 2. The first kappa shape index (κ1) is 23.3. The molecule has 2 unspecified atom stereocenters. The molecule has 1 saturated heterocycles. The molecule has 3 amide bonds. The Morgan fingerprint density at radius 1 is 1.12 bits per heavy atom.